The number of hydrogen-bond donors (Lipinski definition) is 0. The number of anilines is 3. The van der Waals surface area contributed by atoms with Crippen molar-refractivity contribution in [2.24, 2.45) is 0 Å². The van der Waals surface area contributed by atoms with Gasteiger partial charge in [0.1, 0.15) is 11.2 Å². The summed E-state index contributed by atoms with van der Waals surface area (Å²) in [6.45, 7) is 9.08. The third kappa shape index (κ3) is 6.42. The van der Waals surface area contributed by atoms with Gasteiger partial charge in [-0.1, -0.05) is 147 Å². The summed E-state index contributed by atoms with van der Waals surface area (Å²) < 4.78 is 8.86. The largest absolute Gasteiger partial charge is 0.456 e. The third-order valence-electron chi connectivity index (χ3n) is 14.5. The van der Waals surface area contributed by atoms with E-state index < -0.39 is 0 Å². The van der Waals surface area contributed by atoms with E-state index in [0.717, 1.165) is 44.6 Å². The van der Waals surface area contributed by atoms with E-state index in [1.54, 1.807) is 0 Å². The zero-order valence-corrected chi connectivity index (χ0v) is 38.6. The number of aromatic nitrogens is 1. The van der Waals surface area contributed by atoms with Gasteiger partial charge in [-0.3, -0.25) is 0 Å². The maximum absolute atomic E-state index is 6.40. The van der Waals surface area contributed by atoms with Gasteiger partial charge >= 0.3 is 0 Å². The van der Waals surface area contributed by atoms with Crippen LogP contribution in [-0.4, -0.2) is 4.57 Å². The molecule has 0 radical (unpaired) electrons. The van der Waals surface area contributed by atoms with Crippen LogP contribution in [0.1, 0.15) is 36.1 Å². The molecule has 2 heterocycles. The van der Waals surface area contributed by atoms with Gasteiger partial charge in [0.25, 0.3) is 0 Å². The highest BCUT2D eigenvalue weighted by Crippen LogP contribution is 2.52. The van der Waals surface area contributed by atoms with E-state index >= 15 is 0 Å². The fourth-order valence-electron chi connectivity index (χ4n) is 11.0. The molecule has 0 spiro atoms. The minimum absolute atomic E-state index is 0.257. The lowest BCUT2D eigenvalue weighted by Gasteiger charge is -2.28. The van der Waals surface area contributed by atoms with Crippen LogP contribution in [0.2, 0.25) is 0 Å². The van der Waals surface area contributed by atoms with Gasteiger partial charge in [0.2, 0.25) is 0 Å². The van der Waals surface area contributed by atoms with Gasteiger partial charge in [0.05, 0.1) is 11.0 Å². The summed E-state index contributed by atoms with van der Waals surface area (Å²) in [5, 5.41) is 4.80. The van der Waals surface area contributed by atoms with Crippen molar-refractivity contribution in [1.29, 1.82) is 0 Å². The van der Waals surface area contributed by atoms with Crippen molar-refractivity contribution in [2.75, 3.05) is 4.90 Å². The Balaban J connectivity index is 0.892. The lowest BCUT2D eigenvalue weighted by molar-refractivity contribution is 0.660. The highest BCUT2D eigenvalue weighted by atomic mass is 16.3. The molecule has 324 valence electrons. The molecule has 13 rings (SSSR count). The summed E-state index contributed by atoms with van der Waals surface area (Å²) in [6.07, 6.45) is 0. The smallest absolute Gasteiger partial charge is 0.136 e. The summed E-state index contributed by atoms with van der Waals surface area (Å²) in [4.78, 5) is 2.40. The molecule has 3 nitrogen and oxygen atoms in total. The number of hydrogen-bond acceptors (Lipinski definition) is 2. The van der Waals surface area contributed by atoms with Crippen molar-refractivity contribution in [3.8, 4) is 50.2 Å². The molecule has 12 aromatic rings. The van der Waals surface area contributed by atoms with E-state index in [9.17, 15) is 0 Å². The molecule has 0 N–H and O–H groups in total. The molecule has 0 atom stereocenters. The van der Waals surface area contributed by atoms with E-state index in [1.807, 2.05) is 0 Å². The minimum Gasteiger partial charge on any atom is -0.456 e. The van der Waals surface area contributed by atoms with E-state index in [0.29, 0.717) is 0 Å². The monoisotopic (exact) mass is 872 g/mol. The first kappa shape index (κ1) is 39.9. The Hall–Kier alpha value is -8.40. The van der Waals surface area contributed by atoms with Gasteiger partial charge in [-0.15, -0.1) is 0 Å². The Labute approximate surface area is 396 Å². The SMILES string of the molecule is Cc1ccc2c(c1)oc1cc(-c3ccc4c(c3)c3cc(C)ccc3n4-c3ccc4c(c3)C(C)(C)c3cc(N(c5ccc(-c6ccccc6)cc5)c5ccc(-c6ccccc6)cc5)ccc3-4)ccc12. The molecule has 0 saturated carbocycles. The fourth-order valence-corrected chi connectivity index (χ4v) is 11.0. The van der Waals surface area contributed by atoms with Gasteiger partial charge in [-0.05, 0) is 166 Å². The van der Waals surface area contributed by atoms with Gasteiger partial charge < -0.3 is 13.9 Å². The molecular formula is C65H48N2O. The third-order valence-corrected chi connectivity index (χ3v) is 14.5. The fraction of sp³-hybridized carbons (Fsp3) is 0.0769. The van der Waals surface area contributed by atoms with Crippen molar-refractivity contribution in [3.05, 3.63) is 241 Å². The lowest BCUT2D eigenvalue weighted by atomic mass is 9.82. The zero-order valence-electron chi connectivity index (χ0n) is 38.6. The Kier molecular flexibility index (Phi) is 9.00. The maximum Gasteiger partial charge on any atom is 0.136 e. The predicted octanol–water partition coefficient (Wildman–Crippen LogP) is 18.1. The number of aryl methyl sites for hydroxylation is 2. The molecule has 0 bridgehead atoms. The molecule has 3 heteroatoms. The molecule has 0 amide bonds. The summed E-state index contributed by atoms with van der Waals surface area (Å²) in [5.41, 5.74) is 23.3. The molecule has 0 fully saturated rings. The van der Waals surface area contributed by atoms with Crippen LogP contribution in [0, 0.1) is 13.8 Å². The quantitative estimate of drug-likeness (QED) is 0.159. The molecule has 0 aliphatic heterocycles. The van der Waals surface area contributed by atoms with Crippen molar-refractivity contribution >= 4 is 60.8 Å². The molecule has 2 aromatic heterocycles. The summed E-state index contributed by atoms with van der Waals surface area (Å²) in [7, 11) is 0. The van der Waals surface area contributed by atoms with E-state index in [-0.39, 0.29) is 5.41 Å². The van der Waals surface area contributed by atoms with Gasteiger partial charge in [0, 0.05) is 49.7 Å². The van der Waals surface area contributed by atoms with E-state index in [2.05, 4.69) is 256 Å². The first-order valence-corrected chi connectivity index (χ1v) is 23.6. The molecule has 68 heavy (non-hydrogen) atoms. The van der Waals surface area contributed by atoms with Gasteiger partial charge in [-0.2, -0.15) is 0 Å². The number of fused-ring (bicyclic) bond motifs is 9. The standard InChI is InChI=1S/C65H48N2O/c1-41-16-33-61-57(35-41)58-37-47(48-21-30-56-55-29-15-42(2)36-63(55)68-64(56)38-48)22-34-62(58)67(61)52-28-32-54-53-31-27-51(39-59(53)65(3,4)60(54)40-52)66(49-23-17-45(18-24-49)43-11-7-5-8-12-43)50-25-19-46(20-26-50)44-13-9-6-10-14-44/h5-40H,1-4H3. The van der Waals surface area contributed by atoms with E-state index in [4.69, 9.17) is 4.42 Å². The Morgan fingerprint density at radius 3 is 1.50 bits per heavy atom. The van der Waals surface area contributed by atoms with Gasteiger partial charge in [0.15, 0.2) is 0 Å². The topological polar surface area (TPSA) is 21.3 Å². The first-order valence-electron chi connectivity index (χ1n) is 23.6. The second-order valence-corrected chi connectivity index (χ2v) is 19.1. The molecule has 0 saturated heterocycles. The van der Waals surface area contributed by atoms with Crippen molar-refractivity contribution in [1.82, 2.24) is 4.57 Å². The van der Waals surface area contributed by atoms with Crippen LogP contribution < -0.4 is 4.90 Å². The summed E-state index contributed by atoms with van der Waals surface area (Å²) in [5.74, 6) is 0. The Morgan fingerprint density at radius 2 is 0.838 bits per heavy atom. The average Bonchev–Trinajstić information content (AvgIpc) is 3.98. The zero-order chi connectivity index (χ0) is 45.7. The number of rotatable bonds is 7. The molecule has 10 aromatic carbocycles. The van der Waals surface area contributed by atoms with Crippen LogP contribution >= 0.6 is 0 Å². The normalized spacial score (nSPS) is 12.8. The predicted molar refractivity (Wildman–Crippen MR) is 286 cm³/mol. The van der Waals surface area contributed by atoms with E-state index in [1.165, 1.54) is 88.7 Å². The second-order valence-electron chi connectivity index (χ2n) is 19.1. The Morgan fingerprint density at radius 1 is 0.368 bits per heavy atom. The highest BCUT2D eigenvalue weighted by molar-refractivity contribution is 6.11. The van der Waals surface area contributed by atoms with Crippen LogP contribution in [0.25, 0.3) is 93.9 Å². The minimum atomic E-state index is -0.257. The van der Waals surface area contributed by atoms with Crippen LogP contribution in [0.5, 0.6) is 0 Å². The lowest BCUT2D eigenvalue weighted by Crippen LogP contribution is -2.17. The van der Waals surface area contributed by atoms with Crippen LogP contribution in [0.4, 0.5) is 17.1 Å². The molecule has 1 aliphatic carbocycles. The summed E-state index contributed by atoms with van der Waals surface area (Å²) >= 11 is 0. The summed E-state index contributed by atoms with van der Waals surface area (Å²) in [6, 6.07) is 80.3. The Bertz CT molecular complexity index is 3850. The highest BCUT2D eigenvalue weighted by Gasteiger charge is 2.36. The number of nitrogens with zero attached hydrogens (tertiary/aromatic N) is 2. The molecular weight excluding hydrogens is 825 g/mol. The maximum atomic E-state index is 6.40. The number of benzene rings is 10. The van der Waals surface area contributed by atoms with Gasteiger partial charge in [-0.25, -0.2) is 0 Å². The van der Waals surface area contributed by atoms with Crippen molar-refractivity contribution in [2.45, 2.75) is 33.1 Å². The molecule has 1 aliphatic rings. The number of furan rings is 1. The molecule has 0 unspecified atom stereocenters. The second kappa shape index (κ2) is 15.3. The van der Waals surface area contributed by atoms with Crippen molar-refractivity contribution in [3.63, 3.8) is 0 Å². The average molecular weight is 873 g/mol. The van der Waals surface area contributed by atoms with Crippen molar-refractivity contribution < 1.29 is 4.42 Å². The van der Waals surface area contributed by atoms with Crippen LogP contribution in [0.3, 0.4) is 0 Å². The van der Waals surface area contributed by atoms with Crippen LogP contribution in [0.15, 0.2) is 223 Å². The first-order chi connectivity index (χ1) is 33.2. The van der Waals surface area contributed by atoms with Crippen LogP contribution in [-0.2, 0) is 5.41 Å².